The SMILES string of the molecule is CC#Cc1ccc(Cc2c(F)cc(C#N)c3c2C(C)=C(C)C3)cn1. The van der Waals surface area contributed by atoms with E-state index in [1.807, 2.05) is 26.0 Å². The molecule has 1 aromatic heterocycles. The fourth-order valence-corrected chi connectivity index (χ4v) is 3.19. The summed E-state index contributed by atoms with van der Waals surface area (Å²) in [6.45, 7) is 5.81. The zero-order valence-electron chi connectivity index (χ0n) is 14.0. The lowest BCUT2D eigenvalue weighted by atomic mass is 9.91. The molecule has 3 rings (SSSR count). The van der Waals surface area contributed by atoms with E-state index in [0.29, 0.717) is 23.2 Å². The van der Waals surface area contributed by atoms with Crippen molar-refractivity contribution >= 4 is 5.57 Å². The van der Waals surface area contributed by atoms with Crippen LogP contribution in [0.3, 0.4) is 0 Å². The normalized spacial score (nSPS) is 12.5. The Kier molecular flexibility index (Phi) is 4.19. The molecule has 3 heteroatoms. The maximum Gasteiger partial charge on any atom is 0.128 e. The third kappa shape index (κ3) is 2.70. The molecular formula is C21H17FN2. The summed E-state index contributed by atoms with van der Waals surface area (Å²) < 4.78 is 14.7. The van der Waals surface area contributed by atoms with Crippen molar-refractivity contribution in [1.82, 2.24) is 4.98 Å². The van der Waals surface area contributed by atoms with Gasteiger partial charge < -0.3 is 0 Å². The molecule has 0 aliphatic heterocycles. The minimum atomic E-state index is -0.322. The van der Waals surface area contributed by atoms with Gasteiger partial charge in [0.1, 0.15) is 11.5 Å². The van der Waals surface area contributed by atoms with Crippen molar-refractivity contribution in [3.63, 3.8) is 0 Å². The molecule has 0 fully saturated rings. The molecule has 0 atom stereocenters. The van der Waals surface area contributed by atoms with Crippen LogP contribution in [0.2, 0.25) is 0 Å². The maximum absolute atomic E-state index is 14.7. The topological polar surface area (TPSA) is 36.7 Å². The molecule has 1 heterocycles. The van der Waals surface area contributed by atoms with Crippen LogP contribution in [0.15, 0.2) is 30.0 Å². The van der Waals surface area contributed by atoms with Gasteiger partial charge in [0.15, 0.2) is 0 Å². The number of aromatic nitrogens is 1. The second kappa shape index (κ2) is 6.30. The van der Waals surface area contributed by atoms with Crippen molar-refractivity contribution in [3.8, 4) is 17.9 Å². The summed E-state index contributed by atoms with van der Waals surface area (Å²) in [7, 11) is 0. The van der Waals surface area contributed by atoms with Gasteiger partial charge >= 0.3 is 0 Å². The molecule has 0 unspecified atom stereocenters. The predicted molar refractivity (Wildman–Crippen MR) is 92.7 cm³/mol. The van der Waals surface area contributed by atoms with Gasteiger partial charge in [-0.15, -0.1) is 0 Å². The first-order valence-corrected chi connectivity index (χ1v) is 7.84. The van der Waals surface area contributed by atoms with E-state index in [2.05, 4.69) is 22.9 Å². The molecule has 0 saturated heterocycles. The largest absolute Gasteiger partial charge is 0.248 e. The summed E-state index contributed by atoms with van der Waals surface area (Å²) >= 11 is 0. The highest BCUT2D eigenvalue weighted by Crippen LogP contribution is 2.38. The van der Waals surface area contributed by atoms with Crippen LogP contribution in [-0.2, 0) is 12.8 Å². The van der Waals surface area contributed by atoms with Crippen molar-refractivity contribution in [2.24, 2.45) is 0 Å². The first-order chi connectivity index (χ1) is 11.5. The lowest BCUT2D eigenvalue weighted by molar-refractivity contribution is 0.612. The maximum atomic E-state index is 14.7. The fraction of sp³-hybridized carbons (Fsp3) is 0.238. The van der Waals surface area contributed by atoms with E-state index in [0.717, 1.165) is 28.7 Å². The zero-order chi connectivity index (χ0) is 17.3. The van der Waals surface area contributed by atoms with Gasteiger partial charge in [-0.3, -0.25) is 0 Å². The Morgan fingerprint density at radius 1 is 1.29 bits per heavy atom. The van der Waals surface area contributed by atoms with Crippen LogP contribution >= 0.6 is 0 Å². The monoisotopic (exact) mass is 316 g/mol. The molecule has 1 aromatic carbocycles. The Morgan fingerprint density at radius 3 is 2.71 bits per heavy atom. The van der Waals surface area contributed by atoms with Gasteiger partial charge in [0.05, 0.1) is 11.6 Å². The highest BCUT2D eigenvalue weighted by atomic mass is 19.1. The lowest BCUT2D eigenvalue weighted by Crippen LogP contribution is -2.03. The van der Waals surface area contributed by atoms with Crippen LogP contribution in [0.5, 0.6) is 0 Å². The Labute approximate surface area is 141 Å². The number of hydrogen-bond acceptors (Lipinski definition) is 2. The van der Waals surface area contributed by atoms with Crippen molar-refractivity contribution in [1.29, 1.82) is 5.26 Å². The summed E-state index contributed by atoms with van der Waals surface area (Å²) in [6, 6.07) is 7.27. The molecule has 0 amide bonds. The zero-order valence-corrected chi connectivity index (χ0v) is 14.0. The van der Waals surface area contributed by atoms with E-state index in [-0.39, 0.29) is 5.82 Å². The minimum Gasteiger partial charge on any atom is -0.248 e. The summed E-state index contributed by atoms with van der Waals surface area (Å²) in [5.74, 6) is 5.39. The molecular weight excluding hydrogens is 299 g/mol. The van der Waals surface area contributed by atoms with Gasteiger partial charge in [-0.1, -0.05) is 17.6 Å². The molecule has 1 aliphatic carbocycles. The van der Waals surface area contributed by atoms with Crippen LogP contribution in [-0.4, -0.2) is 4.98 Å². The summed E-state index contributed by atoms with van der Waals surface area (Å²) in [6.07, 6.45) is 2.92. The van der Waals surface area contributed by atoms with Gasteiger partial charge in [-0.2, -0.15) is 5.26 Å². The first kappa shape index (κ1) is 16.0. The number of nitrogens with zero attached hydrogens (tertiary/aromatic N) is 2. The van der Waals surface area contributed by atoms with Crippen molar-refractivity contribution in [2.45, 2.75) is 33.6 Å². The smallest absolute Gasteiger partial charge is 0.128 e. The third-order valence-corrected chi connectivity index (χ3v) is 4.52. The number of benzene rings is 1. The predicted octanol–water partition coefficient (Wildman–Crippen LogP) is 4.40. The number of pyridine rings is 1. The number of nitriles is 1. The van der Waals surface area contributed by atoms with E-state index in [4.69, 9.17) is 0 Å². The van der Waals surface area contributed by atoms with Gasteiger partial charge in [-0.05, 0) is 67.5 Å². The molecule has 2 aromatic rings. The second-order valence-corrected chi connectivity index (χ2v) is 6.04. The van der Waals surface area contributed by atoms with E-state index in [9.17, 15) is 9.65 Å². The highest BCUT2D eigenvalue weighted by molar-refractivity contribution is 5.79. The Hall–Kier alpha value is -2.91. The molecule has 2 nitrogen and oxygen atoms in total. The van der Waals surface area contributed by atoms with Gasteiger partial charge in [0.25, 0.3) is 0 Å². The average Bonchev–Trinajstić information content (AvgIpc) is 2.87. The molecule has 0 saturated carbocycles. The summed E-state index contributed by atoms with van der Waals surface area (Å²) in [5.41, 5.74) is 6.85. The number of halogens is 1. The Balaban J connectivity index is 2.07. The number of fused-ring (bicyclic) bond motifs is 1. The van der Waals surface area contributed by atoms with Crippen LogP contribution in [0.4, 0.5) is 4.39 Å². The van der Waals surface area contributed by atoms with Crippen molar-refractivity contribution < 1.29 is 4.39 Å². The fourth-order valence-electron chi connectivity index (χ4n) is 3.19. The molecule has 0 N–H and O–H groups in total. The first-order valence-electron chi connectivity index (χ1n) is 7.84. The standard InChI is InChI=1S/C21H17FN2/c1-4-5-17-7-6-15(12-24-17)9-19-20(22)10-16(11-23)18-8-13(2)14(3)21(18)19/h6-7,10,12H,8-9H2,1-3H3. The number of hydrogen-bond donors (Lipinski definition) is 0. The van der Waals surface area contributed by atoms with Gasteiger partial charge in [0, 0.05) is 18.2 Å². The summed E-state index contributed by atoms with van der Waals surface area (Å²) in [5, 5.41) is 9.30. The second-order valence-electron chi connectivity index (χ2n) is 6.04. The molecule has 24 heavy (non-hydrogen) atoms. The van der Waals surface area contributed by atoms with Gasteiger partial charge in [0.2, 0.25) is 0 Å². The molecule has 0 bridgehead atoms. The highest BCUT2D eigenvalue weighted by Gasteiger charge is 2.25. The molecule has 0 radical (unpaired) electrons. The van der Waals surface area contributed by atoms with Gasteiger partial charge in [-0.25, -0.2) is 9.37 Å². The van der Waals surface area contributed by atoms with E-state index >= 15 is 0 Å². The van der Waals surface area contributed by atoms with Crippen LogP contribution in [0.1, 0.15) is 54.3 Å². The van der Waals surface area contributed by atoms with E-state index in [1.54, 1.807) is 13.1 Å². The van der Waals surface area contributed by atoms with E-state index < -0.39 is 0 Å². The number of rotatable bonds is 2. The van der Waals surface area contributed by atoms with E-state index in [1.165, 1.54) is 11.6 Å². The van der Waals surface area contributed by atoms with Crippen LogP contribution in [0.25, 0.3) is 5.57 Å². The lowest BCUT2D eigenvalue weighted by Gasteiger charge is -2.13. The Morgan fingerprint density at radius 2 is 2.08 bits per heavy atom. The number of allylic oxidation sites excluding steroid dienone is 2. The molecule has 1 aliphatic rings. The van der Waals surface area contributed by atoms with Crippen molar-refractivity contribution in [2.75, 3.05) is 0 Å². The average molecular weight is 316 g/mol. The minimum absolute atomic E-state index is 0.322. The van der Waals surface area contributed by atoms with Crippen LogP contribution < -0.4 is 0 Å². The Bertz CT molecular complexity index is 949. The molecule has 118 valence electrons. The van der Waals surface area contributed by atoms with Crippen LogP contribution in [0, 0.1) is 29.0 Å². The summed E-state index contributed by atoms with van der Waals surface area (Å²) in [4.78, 5) is 4.30. The van der Waals surface area contributed by atoms with Crippen molar-refractivity contribution in [3.05, 3.63) is 69.3 Å². The quantitative estimate of drug-likeness (QED) is 0.770. The third-order valence-electron chi connectivity index (χ3n) is 4.52. The molecule has 0 spiro atoms.